The second-order valence-corrected chi connectivity index (χ2v) is 5.14. The van der Waals surface area contributed by atoms with Gasteiger partial charge in [-0.1, -0.05) is 19.8 Å². The highest BCUT2D eigenvalue weighted by Gasteiger charge is 2.28. The molecule has 1 aliphatic carbocycles. The van der Waals surface area contributed by atoms with E-state index in [0.717, 1.165) is 12.8 Å². The number of rotatable bonds is 6. The van der Waals surface area contributed by atoms with Gasteiger partial charge >= 0.3 is 12.0 Å². The molecule has 18 heavy (non-hydrogen) atoms. The zero-order valence-corrected chi connectivity index (χ0v) is 11.0. The van der Waals surface area contributed by atoms with Crippen LogP contribution in [0.1, 0.15) is 32.6 Å². The lowest BCUT2D eigenvalue weighted by Gasteiger charge is -2.23. The number of carbonyl (C=O) groups is 2. The quantitative estimate of drug-likeness (QED) is 0.662. The Kier molecular flexibility index (Phi) is 5.40. The first-order chi connectivity index (χ1) is 8.47. The molecule has 1 rings (SSSR count). The molecule has 104 valence electrons. The van der Waals surface area contributed by atoms with Crippen molar-refractivity contribution < 1.29 is 19.4 Å². The van der Waals surface area contributed by atoms with Gasteiger partial charge in [0.25, 0.3) is 0 Å². The van der Waals surface area contributed by atoms with Gasteiger partial charge in [0.2, 0.25) is 0 Å². The summed E-state index contributed by atoms with van der Waals surface area (Å²) in [5, 5.41) is 14.0. The minimum absolute atomic E-state index is 0.0334. The van der Waals surface area contributed by atoms with Crippen molar-refractivity contribution in [2.24, 2.45) is 5.41 Å². The summed E-state index contributed by atoms with van der Waals surface area (Å²) in [6, 6.07) is -0.341. The van der Waals surface area contributed by atoms with Gasteiger partial charge in [-0.25, -0.2) is 9.59 Å². The lowest BCUT2D eigenvalue weighted by atomic mass is 9.89. The minimum atomic E-state index is -1.08. The molecule has 0 bridgehead atoms. The van der Waals surface area contributed by atoms with Crippen LogP contribution in [-0.2, 0) is 9.53 Å². The third-order valence-corrected chi connectivity index (χ3v) is 3.49. The van der Waals surface area contributed by atoms with Crippen molar-refractivity contribution in [2.45, 2.75) is 38.7 Å². The highest BCUT2D eigenvalue weighted by atomic mass is 16.5. The second-order valence-electron chi connectivity index (χ2n) is 5.14. The lowest BCUT2D eigenvalue weighted by molar-refractivity contribution is -0.147. The van der Waals surface area contributed by atoms with E-state index in [-0.39, 0.29) is 18.0 Å². The minimum Gasteiger partial charge on any atom is -0.479 e. The first-order valence-corrected chi connectivity index (χ1v) is 6.24. The molecule has 6 heteroatoms. The van der Waals surface area contributed by atoms with E-state index in [4.69, 9.17) is 9.84 Å². The molecular weight excluding hydrogens is 236 g/mol. The highest BCUT2D eigenvalue weighted by Crippen LogP contribution is 2.36. The normalized spacial score (nSPS) is 19.2. The summed E-state index contributed by atoms with van der Waals surface area (Å²) in [4.78, 5) is 22.2. The summed E-state index contributed by atoms with van der Waals surface area (Å²) in [5.74, 6) is -1.08. The van der Waals surface area contributed by atoms with Crippen molar-refractivity contribution in [3.8, 4) is 0 Å². The van der Waals surface area contributed by atoms with E-state index < -0.39 is 12.1 Å². The number of hydrogen-bond donors (Lipinski definition) is 3. The van der Waals surface area contributed by atoms with Gasteiger partial charge in [-0.15, -0.1) is 0 Å². The number of hydrogen-bond acceptors (Lipinski definition) is 3. The van der Waals surface area contributed by atoms with Gasteiger partial charge in [-0.3, -0.25) is 0 Å². The summed E-state index contributed by atoms with van der Waals surface area (Å²) in [6.45, 7) is 2.76. The SMILES string of the molecule is COC(CNC(=O)NCC1(C)CCCC1)C(=O)O. The monoisotopic (exact) mass is 258 g/mol. The Labute approximate surface area is 107 Å². The molecule has 2 amide bonds. The molecule has 0 saturated heterocycles. The standard InChI is InChI=1S/C12H22N2O4/c1-12(5-3-4-6-12)8-14-11(17)13-7-9(18-2)10(15)16/h9H,3-8H2,1-2H3,(H,15,16)(H2,13,14,17). The molecule has 0 radical (unpaired) electrons. The van der Waals surface area contributed by atoms with E-state index in [1.54, 1.807) is 0 Å². The number of carbonyl (C=O) groups excluding carboxylic acids is 1. The van der Waals surface area contributed by atoms with Crippen LogP contribution >= 0.6 is 0 Å². The maximum atomic E-state index is 11.5. The summed E-state index contributed by atoms with van der Waals surface area (Å²) >= 11 is 0. The Morgan fingerprint density at radius 1 is 1.33 bits per heavy atom. The van der Waals surface area contributed by atoms with E-state index in [0.29, 0.717) is 6.54 Å². The number of carboxylic acid groups (broad SMARTS) is 1. The molecule has 1 aliphatic rings. The molecule has 0 aromatic carbocycles. The Balaban J connectivity index is 2.23. The number of amides is 2. The van der Waals surface area contributed by atoms with Crippen molar-refractivity contribution in [3.05, 3.63) is 0 Å². The van der Waals surface area contributed by atoms with Crippen LogP contribution in [0.3, 0.4) is 0 Å². The molecule has 1 saturated carbocycles. The Hall–Kier alpha value is -1.30. The third kappa shape index (κ3) is 4.52. The Morgan fingerprint density at radius 2 is 1.94 bits per heavy atom. The van der Waals surface area contributed by atoms with E-state index in [9.17, 15) is 9.59 Å². The summed E-state index contributed by atoms with van der Waals surface area (Å²) in [6.07, 6.45) is 3.68. The maximum absolute atomic E-state index is 11.5. The van der Waals surface area contributed by atoms with Crippen LogP contribution in [0.5, 0.6) is 0 Å². The van der Waals surface area contributed by atoms with Crippen molar-refractivity contribution >= 4 is 12.0 Å². The van der Waals surface area contributed by atoms with E-state index in [1.807, 2.05) is 0 Å². The van der Waals surface area contributed by atoms with Gasteiger partial charge in [0.1, 0.15) is 0 Å². The zero-order chi connectivity index (χ0) is 13.6. The number of methoxy groups -OCH3 is 1. The van der Waals surface area contributed by atoms with Gasteiger partial charge < -0.3 is 20.5 Å². The smallest absolute Gasteiger partial charge is 0.334 e. The first-order valence-electron chi connectivity index (χ1n) is 6.24. The van der Waals surface area contributed by atoms with Crippen LogP contribution in [0.2, 0.25) is 0 Å². The highest BCUT2D eigenvalue weighted by molar-refractivity contribution is 5.76. The first kappa shape index (κ1) is 14.8. The molecule has 0 spiro atoms. The molecule has 0 aliphatic heterocycles. The number of nitrogens with one attached hydrogen (secondary N) is 2. The molecule has 1 atom stereocenters. The van der Waals surface area contributed by atoms with Gasteiger partial charge in [0.15, 0.2) is 6.10 Å². The van der Waals surface area contributed by atoms with Crippen LogP contribution in [0, 0.1) is 5.41 Å². The fourth-order valence-corrected chi connectivity index (χ4v) is 2.22. The van der Waals surface area contributed by atoms with E-state index >= 15 is 0 Å². The molecule has 0 aromatic heterocycles. The second kappa shape index (κ2) is 6.58. The summed E-state index contributed by atoms with van der Waals surface area (Å²) in [5.41, 5.74) is 0.185. The van der Waals surface area contributed by atoms with Gasteiger partial charge in [0, 0.05) is 13.7 Å². The topological polar surface area (TPSA) is 87.7 Å². The maximum Gasteiger partial charge on any atom is 0.334 e. The van der Waals surface area contributed by atoms with E-state index in [2.05, 4.69) is 17.6 Å². The van der Waals surface area contributed by atoms with E-state index in [1.165, 1.54) is 20.0 Å². The fourth-order valence-electron chi connectivity index (χ4n) is 2.22. The predicted octanol–water partition coefficient (Wildman–Crippen LogP) is 0.965. The van der Waals surface area contributed by atoms with Crippen molar-refractivity contribution in [1.29, 1.82) is 0 Å². The zero-order valence-electron chi connectivity index (χ0n) is 11.0. The number of urea groups is 1. The van der Waals surface area contributed by atoms with Gasteiger partial charge in [-0.05, 0) is 18.3 Å². The molecule has 3 N–H and O–H groups in total. The number of aliphatic carboxylic acids is 1. The average Bonchev–Trinajstić information content (AvgIpc) is 2.74. The Morgan fingerprint density at radius 3 is 2.44 bits per heavy atom. The van der Waals surface area contributed by atoms with Crippen LogP contribution < -0.4 is 10.6 Å². The molecule has 1 unspecified atom stereocenters. The predicted molar refractivity (Wildman–Crippen MR) is 66.4 cm³/mol. The average molecular weight is 258 g/mol. The molecule has 0 aromatic rings. The molecular formula is C12H22N2O4. The van der Waals surface area contributed by atoms with Crippen LogP contribution in [-0.4, -0.2) is 43.4 Å². The molecule has 6 nitrogen and oxygen atoms in total. The lowest BCUT2D eigenvalue weighted by Crippen LogP contribution is -2.45. The number of carboxylic acids is 1. The third-order valence-electron chi connectivity index (χ3n) is 3.49. The van der Waals surface area contributed by atoms with Gasteiger partial charge in [0.05, 0.1) is 6.54 Å². The largest absolute Gasteiger partial charge is 0.479 e. The molecule has 0 heterocycles. The molecule has 1 fully saturated rings. The Bertz CT molecular complexity index is 300. The fraction of sp³-hybridized carbons (Fsp3) is 0.833. The van der Waals surface area contributed by atoms with Gasteiger partial charge in [-0.2, -0.15) is 0 Å². The summed E-state index contributed by atoms with van der Waals surface area (Å²) < 4.78 is 4.72. The summed E-state index contributed by atoms with van der Waals surface area (Å²) in [7, 11) is 1.30. The van der Waals surface area contributed by atoms with Crippen LogP contribution in [0.25, 0.3) is 0 Å². The van der Waals surface area contributed by atoms with Crippen molar-refractivity contribution in [3.63, 3.8) is 0 Å². The van der Waals surface area contributed by atoms with Crippen molar-refractivity contribution in [2.75, 3.05) is 20.2 Å². The van der Waals surface area contributed by atoms with Crippen LogP contribution in [0.4, 0.5) is 4.79 Å². The van der Waals surface area contributed by atoms with Crippen LogP contribution in [0.15, 0.2) is 0 Å². The number of ether oxygens (including phenoxy) is 1. The van der Waals surface area contributed by atoms with Crippen molar-refractivity contribution in [1.82, 2.24) is 10.6 Å².